The van der Waals surface area contributed by atoms with Crippen molar-refractivity contribution in [2.24, 2.45) is 0 Å². The van der Waals surface area contributed by atoms with E-state index in [1.807, 2.05) is 0 Å². The van der Waals surface area contributed by atoms with Gasteiger partial charge in [0.05, 0.1) is 11.5 Å². The molecule has 0 saturated carbocycles. The second-order valence-corrected chi connectivity index (χ2v) is 6.65. The second-order valence-electron chi connectivity index (χ2n) is 4.88. The Hall–Kier alpha value is -2.29. The summed E-state index contributed by atoms with van der Waals surface area (Å²) in [6.45, 7) is 0.359. The number of rotatable bonds is 7. The third-order valence-corrected chi connectivity index (χ3v) is 4.55. The summed E-state index contributed by atoms with van der Waals surface area (Å²) in [5, 5.41) is 2.52. The van der Waals surface area contributed by atoms with Gasteiger partial charge in [-0.2, -0.15) is 0 Å². The highest BCUT2D eigenvalue weighted by molar-refractivity contribution is 7.89. The largest absolute Gasteiger partial charge is 0.383 e. The molecule has 0 aliphatic rings. The van der Waals surface area contributed by atoms with Gasteiger partial charge in [0.15, 0.2) is 0 Å². The van der Waals surface area contributed by atoms with Crippen LogP contribution in [0.2, 0.25) is 0 Å². The van der Waals surface area contributed by atoms with Gasteiger partial charge in [0.2, 0.25) is 10.0 Å². The minimum absolute atomic E-state index is 0.0366. The van der Waals surface area contributed by atoms with Crippen molar-refractivity contribution in [3.63, 3.8) is 0 Å². The summed E-state index contributed by atoms with van der Waals surface area (Å²) in [6.07, 6.45) is 0. The number of amides is 1. The molecule has 0 heterocycles. The number of carbonyl (C=O) groups is 1. The molecule has 0 atom stereocenters. The number of hydrogen-bond donors (Lipinski definition) is 2. The van der Waals surface area contributed by atoms with Gasteiger partial charge in [-0.15, -0.1) is 0 Å². The molecular weight excluding hydrogens is 335 g/mol. The molecule has 0 radical (unpaired) electrons. The van der Waals surface area contributed by atoms with Crippen molar-refractivity contribution in [3.8, 4) is 0 Å². The molecule has 0 fully saturated rings. The molecule has 0 unspecified atom stereocenters. The standard InChI is InChI=1S/C16H17FN2O4S/c1-23-9-8-18-24(21,22)15-7-2-4-12(10-15)16(20)19-14-6-3-5-13(17)11-14/h2-7,10-11,18H,8-9H2,1H3,(H,19,20). The van der Waals surface area contributed by atoms with Crippen LogP contribution >= 0.6 is 0 Å². The number of carbonyl (C=O) groups excluding carboxylic acids is 1. The van der Waals surface area contributed by atoms with Crippen LogP contribution in [0, 0.1) is 5.82 Å². The fraction of sp³-hybridized carbons (Fsp3) is 0.188. The van der Waals surface area contributed by atoms with Gasteiger partial charge in [0.25, 0.3) is 5.91 Å². The Kier molecular flexibility index (Phi) is 6.02. The van der Waals surface area contributed by atoms with Crippen molar-refractivity contribution in [2.45, 2.75) is 4.90 Å². The molecule has 1 amide bonds. The fourth-order valence-electron chi connectivity index (χ4n) is 1.94. The molecule has 6 nitrogen and oxygen atoms in total. The lowest BCUT2D eigenvalue weighted by atomic mass is 10.2. The van der Waals surface area contributed by atoms with E-state index in [1.54, 1.807) is 0 Å². The Morgan fingerprint density at radius 1 is 1.17 bits per heavy atom. The van der Waals surface area contributed by atoms with Crippen molar-refractivity contribution < 1.29 is 22.3 Å². The predicted octanol–water partition coefficient (Wildman–Crippen LogP) is 2.00. The highest BCUT2D eigenvalue weighted by atomic mass is 32.2. The minimum atomic E-state index is -3.74. The first-order chi connectivity index (χ1) is 11.4. The van der Waals surface area contributed by atoms with E-state index in [4.69, 9.17) is 4.74 Å². The Morgan fingerprint density at radius 3 is 2.62 bits per heavy atom. The molecule has 2 N–H and O–H groups in total. The number of anilines is 1. The molecule has 0 aliphatic heterocycles. The number of hydrogen-bond acceptors (Lipinski definition) is 4. The van der Waals surface area contributed by atoms with Gasteiger partial charge < -0.3 is 10.1 Å². The van der Waals surface area contributed by atoms with Gasteiger partial charge in [-0.25, -0.2) is 17.5 Å². The molecule has 128 valence electrons. The normalized spacial score (nSPS) is 11.2. The molecule has 0 bridgehead atoms. The van der Waals surface area contributed by atoms with Crippen LogP contribution in [0.25, 0.3) is 0 Å². The van der Waals surface area contributed by atoms with Gasteiger partial charge in [-0.3, -0.25) is 4.79 Å². The Bertz CT molecular complexity index is 824. The topological polar surface area (TPSA) is 84.5 Å². The smallest absolute Gasteiger partial charge is 0.255 e. The third kappa shape index (κ3) is 4.85. The van der Waals surface area contributed by atoms with Crippen LogP contribution in [0.15, 0.2) is 53.4 Å². The van der Waals surface area contributed by atoms with Gasteiger partial charge in [-0.05, 0) is 36.4 Å². The van der Waals surface area contributed by atoms with E-state index < -0.39 is 21.7 Å². The van der Waals surface area contributed by atoms with E-state index in [9.17, 15) is 17.6 Å². The molecule has 0 spiro atoms. The van der Waals surface area contributed by atoms with Gasteiger partial charge in [0, 0.05) is 24.9 Å². The van der Waals surface area contributed by atoms with E-state index >= 15 is 0 Å². The minimum Gasteiger partial charge on any atom is -0.383 e. The SMILES string of the molecule is COCCNS(=O)(=O)c1cccc(C(=O)Nc2cccc(F)c2)c1. The van der Waals surface area contributed by atoms with E-state index in [-0.39, 0.29) is 29.3 Å². The number of benzene rings is 2. The first-order valence-electron chi connectivity index (χ1n) is 7.08. The highest BCUT2D eigenvalue weighted by Gasteiger charge is 2.16. The number of ether oxygens (including phenoxy) is 1. The van der Waals surface area contributed by atoms with E-state index in [0.717, 1.165) is 0 Å². The first-order valence-corrected chi connectivity index (χ1v) is 8.56. The molecule has 0 aliphatic carbocycles. The Labute approximate surface area is 139 Å². The Morgan fingerprint density at radius 2 is 1.92 bits per heavy atom. The molecule has 0 aromatic heterocycles. The van der Waals surface area contributed by atoms with Gasteiger partial charge in [0.1, 0.15) is 5.82 Å². The lowest BCUT2D eigenvalue weighted by Gasteiger charge is -2.09. The zero-order valence-electron chi connectivity index (χ0n) is 13.0. The molecule has 2 rings (SSSR count). The predicted molar refractivity (Wildman–Crippen MR) is 87.9 cm³/mol. The van der Waals surface area contributed by atoms with Crippen molar-refractivity contribution in [1.82, 2.24) is 4.72 Å². The van der Waals surface area contributed by atoms with Crippen LogP contribution in [-0.2, 0) is 14.8 Å². The third-order valence-electron chi connectivity index (χ3n) is 3.09. The van der Waals surface area contributed by atoms with Crippen LogP contribution in [0.5, 0.6) is 0 Å². The van der Waals surface area contributed by atoms with Crippen LogP contribution in [0.3, 0.4) is 0 Å². The zero-order chi connectivity index (χ0) is 17.6. The summed E-state index contributed by atoms with van der Waals surface area (Å²) in [6, 6.07) is 11.0. The Balaban J connectivity index is 2.16. The second kappa shape index (κ2) is 8.00. The van der Waals surface area contributed by atoms with Crippen LogP contribution in [-0.4, -0.2) is 34.6 Å². The average molecular weight is 352 g/mol. The molecule has 0 saturated heterocycles. The fourth-order valence-corrected chi connectivity index (χ4v) is 2.99. The highest BCUT2D eigenvalue weighted by Crippen LogP contribution is 2.14. The maximum atomic E-state index is 13.1. The summed E-state index contributed by atoms with van der Waals surface area (Å²) in [7, 11) is -2.27. The monoisotopic (exact) mass is 352 g/mol. The first kappa shape index (κ1) is 18.1. The molecule has 2 aromatic rings. The van der Waals surface area contributed by atoms with E-state index in [1.165, 1.54) is 55.6 Å². The lowest BCUT2D eigenvalue weighted by molar-refractivity contribution is 0.102. The maximum Gasteiger partial charge on any atom is 0.255 e. The number of halogens is 1. The zero-order valence-corrected chi connectivity index (χ0v) is 13.8. The summed E-state index contributed by atoms with van der Waals surface area (Å²) in [5.41, 5.74) is 0.431. The number of sulfonamides is 1. The summed E-state index contributed by atoms with van der Waals surface area (Å²) >= 11 is 0. The van der Waals surface area contributed by atoms with Crippen LogP contribution in [0.1, 0.15) is 10.4 Å². The molecule has 8 heteroatoms. The quantitative estimate of drug-likeness (QED) is 0.747. The van der Waals surface area contributed by atoms with Crippen LogP contribution < -0.4 is 10.0 Å². The van der Waals surface area contributed by atoms with Gasteiger partial charge >= 0.3 is 0 Å². The van der Waals surface area contributed by atoms with Crippen molar-refractivity contribution in [2.75, 3.05) is 25.6 Å². The average Bonchev–Trinajstić information content (AvgIpc) is 2.55. The number of methoxy groups -OCH3 is 1. The van der Waals surface area contributed by atoms with Crippen molar-refractivity contribution >= 4 is 21.6 Å². The summed E-state index contributed by atoms with van der Waals surface area (Å²) in [5.74, 6) is -1.01. The summed E-state index contributed by atoms with van der Waals surface area (Å²) < 4.78 is 44.6. The van der Waals surface area contributed by atoms with E-state index in [0.29, 0.717) is 0 Å². The molecule has 2 aromatic carbocycles. The number of nitrogens with one attached hydrogen (secondary N) is 2. The maximum absolute atomic E-state index is 13.1. The summed E-state index contributed by atoms with van der Waals surface area (Å²) in [4.78, 5) is 12.2. The van der Waals surface area contributed by atoms with Crippen molar-refractivity contribution in [1.29, 1.82) is 0 Å². The lowest BCUT2D eigenvalue weighted by Crippen LogP contribution is -2.27. The molecular formula is C16H17FN2O4S. The van der Waals surface area contributed by atoms with E-state index in [2.05, 4.69) is 10.0 Å². The van der Waals surface area contributed by atoms with Gasteiger partial charge in [-0.1, -0.05) is 12.1 Å². The van der Waals surface area contributed by atoms with Crippen LogP contribution in [0.4, 0.5) is 10.1 Å². The molecule has 24 heavy (non-hydrogen) atoms. The van der Waals surface area contributed by atoms with Crippen molar-refractivity contribution in [3.05, 3.63) is 59.9 Å².